The molecule has 5 heteroatoms. The molecule has 0 atom stereocenters. The lowest BCUT2D eigenvalue weighted by molar-refractivity contribution is -0.133. The van der Waals surface area contributed by atoms with E-state index in [1.165, 1.54) is 19.3 Å². The summed E-state index contributed by atoms with van der Waals surface area (Å²) >= 11 is 0. The third kappa shape index (κ3) is 4.16. The summed E-state index contributed by atoms with van der Waals surface area (Å²) in [5.41, 5.74) is 0.686. The maximum Gasteiger partial charge on any atom is 0.236 e. The second-order valence-corrected chi connectivity index (χ2v) is 6.60. The maximum absolute atomic E-state index is 12.4. The molecule has 3 heterocycles. The summed E-state index contributed by atoms with van der Waals surface area (Å²) in [5.74, 6) is 0.415. The minimum Gasteiger partial charge on any atom is -0.342 e. The van der Waals surface area contributed by atoms with Gasteiger partial charge in [0.15, 0.2) is 5.78 Å². The van der Waals surface area contributed by atoms with Gasteiger partial charge >= 0.3 is 0 Å². The zero-order valence-electron chi connectivity index (χ0n) is 13.6. The Hall–Kier alpha value is -1.75. The van der Waals surface area contributed by atoms with Gasteiger partial charge in [-0.15, -0.1) is 0 Å². The highest BCUT2D eigenvalue weighted by Crippen LogP contribution is 2.22. The van der Waals surface area contributed by atoms with Crippen LogP contribution in [-0.2, 0) is 4.79 Å². The van der Waals surface area contributed by atoms with Gasteiger partial charge in [0.2, 0.25) is 5.91 Å². The van der Waals surface area contributed by atoms with Crippen molar-refractivity contribution in [2.45, 2.75) is 32.1 Å². The molecule has 2 aliphatic heterocycles. The summed E-state index contributed by atoms with van der Waals surface area (Å²) in [6.45, 7) is 4.03. The molecule has 2 aliphatic rings. The molecule has 23 heavy (non-hydrogen) atoms. The molecule has 124 valence electrons. The van der Waals surface area contributed by atoms with Crippen LogP contribution in [-0.4, -0.2) is 59.2 Å². The Labute approximate surface area is 137 Å². The molecule has 0 radical (unpaired) electrons. The number of amides is 1. The van der Waals surface area contributed by atoms with Crippen molar-refractivity contribution in [2.24, 2.45) is 5.92 Å². The van der Waals surface area contributed by atoms with Crippen molar-refractivity contribution >= 4 is 11.7 Å². The normalized spacial score (nSPS) is 20.4. The Morgan fingerprint density at radius 2 is 1.83 bits per heavy atom. The van der Waals surface area contributed by atoms with Crippen LogP contribution in [0, 0.1) is 5.92 Å². The van der Waals surface area contributed by atoms with Crippen LogP contribution in [0.2, 0.25) is 0 Å². The largest absolute Gasteiger partial charge is 0.342 e. The number of hydrogen-bond acceptors (Lipinski definition) is 4. The van der Waals surface area contributed by atoms with Gasteiger partial charge in [-0.25, -0.2) is 0 Å². The van der Waals surface area contributed by atoms with E-state index in [1.54, 1.807) is 18.5 Å². The molecule has 1 aromatic heterocycles. The Kier molecular flexibility index (Phi) is 5.39. The zero-order chi connectivity index (χ0) is 16.1. The minimum absolute atomic E-state index is 0.0261. The second-order valence-electron chi connectivity index (χ2n) is 6.60. The molecule has 0 aliphatic carbocycles. The fourth-order valence-electron chi connectivity index (χ4n) is 3.54. The van der Waals surface area contributed by atoms with Crippen molar-refractivity contribution in [3.05, 3.63) is 30.1 Å². The number of nitrogens with zero attached hydrogens (tertiary/aromatic N) is 3. The van der Waals surface area contributed by atoms with Crippen LogP contribution < -0.4 is 0 Å². The standard InChI is InChI=1S/C18H25N3O2/c22-17(14-20-9-2-1-3-10-20)21-11-6-15(7-12-21)18(23)16-5-4-8-19-13-16/h4-5,8,13,15H,1-3,6-7,9-12,14H2. The summed E-state index contributed by atoms with van der Waals surface area (Å²) < 4.78 is 0. The van der Waals surface area contributed by atoms with Crippen LogP contribution in [0.15, 0.2) is 24.5 Å². The minimum atomic E-state index is 0.0261. The molecule has 2 fully saturated rings. The topological polar surface area (TPSA) is 53.5 Å². The molecule has 0 aromatic carbocycles. The highest BCUT2D eigenvalue weighted by Gasteiger charge is 2.28. The lowest BCUT2D eigenvalue weighted by atomic mass is 9.89. The molecule has 0 unspecified atom stereocenters. The second kappa shape index (κ2) is 7.68. The number of carbonyl (C=O) groups is 2. The fourth-order valence-corrected chi connectivity index (χ4v) is 3.54. The van der Waals surface area contributed by atoms with Gasteiger partial charge in [-0.3, -0.25) is 19.5 Å². The zero-order valence-corrected chi connectivity index (χ0v) is 13.6. The molecule has 0 spiro atoms. The van der Waals surface area contributed by atoms with Crippen LogP contribution >= 0.6 is 0 Å². The van der Waals surface area contributed by atoms with E-state index in [2.05, 4.69) is 9.88 Å². The Morgan fingerprint density at radius 1 is 1.09 bits per heavy atom. The molecular weight excluding hydrogens is 290 g/mol. The first-order valence-electron chi connectivity index (χ1n) is 8.68. The van der Waals surface area contributed by atoms with Crippen molar-refractivity contribution in [1.82, 2.24) is 14.8 Å². The van der Waals surface area contributed by atoms with E-state index in [1.807, 2.05) is 11.0 Å². The van der Waals surface area contributed by atoms with Gasteiger partial charge in [0, 0.05) is 37.0 Å². The van der Waals surface area contributed by atoms with Crippen LogP contribution in [0.4, 0.5) is 0 Å². The number of pyridine rings is 1. The molecule has 1 amide bonds. The highest BCUT2D eigenvalue weighted by molar-refractivity contribution is 5.97. The maximum atomic E-state index is 12.4. The first-order chi connectivity index (χ1) is 11.2. The summed E-state index contributed by atoms with van der Waals surface area (Å²) in [7, 11) is 0. The molecule has 0 saturated carbocycles. The van der Waals surface area contributed by atoms with Gasteiger partial charge in [-0.05, 0) is 50.9 Å². The third-order valence-corrected chi connectivity index (χ3v) is 4.97. The van der Waals surface area contributed by atoms with Gasteiger partial charge in [-0.2, -0.15) is 0 Å². The smallest absolute Gasteiger partial charge is 0.236 e. The molecule has 3 rings (SSSR count). The van der Waals surface area contributed by atoms with Crippen LogP contribution in [0.25, 0.3) is 0 Å². The van der Waals surface area contributed by atoms with E-state index >= 15 is 0 Å². The van der Waals surface area contributed by atoms with Gasteiger partial charge < -0.3 is 4.90 Å². The van der Waals surface area contributed by atoms with E-state index in [-0.39, 0.29) is 17.6 Å². The summed E-state index contributed by atoms with van der Waals surface area (Å²) in [4.78, 5) is 33.1. The number of hydrogen-bond donors (Lipinski definition) is 0. The van der Waals surface area contributed by atoms with Crippen LogP contribution in [0.5, 0.6) is 0 Å². The highest BCUT2D eigenvalue weighted by atomic mass is 16.2. The monoisotopic (exact) mass is 315 g/mol. The molecule has 1 aromatic rings. The Balaban J connectivity index is 1.48. The predicted octanol–water partition coefficient (Wildman–Crippen LogP) is 1.99. The van der Waals surface area contributed by atoms with Crippen LogP contribution in [0.1, 0.15) is 42.5 Å². The van der Waals surface area contributed by atoms with E-state index in [0.717, 1.165) is 25.9 Å². The first kappa shape index (κ1) is 16.1. The van der Waals surface area contributed by atoms with Gasteiger partial charge in [0.05, 0.1) is 6.54 Å². The van der Waals surface area contributed by atoms with Crippen LogP contribution in [0.3, 0.4) is 0 Å². The summed E-state index contributed by atoms with van der Waals surface area (Å²) in [5, 5.41) is 0. The number of ketones is 1. The summed E-state index contributed by atoms with van der Waals surface area (Å²) in [6.07, 6.45) is 8.53. The van der Waals surface area contributed by atoms with E-state index in [4.69, 9.17) is 0 Å². The van der Waals surface area contributed by atoms with E-state index < -0.39 is 0 Å². The first-order valence-corrected chi connectivity index (χ1v) is 8.68. The number of rotatable bonds is 4. The molecule has 0 N–H and O–H groups in total. The number of carbonyl (C=O) groups excluding carboxylic acids is 2. The van der Waals surface area contributed by atoms with Crippen molar-refractivity contribution < 1.29 is 9.59 Å². The van der Waals surface area contributed by atoms with Crippen molar-refractivity contribution in [2.75, 3.05) is 32.7 Å². The predicted molar refractivity (Wildman–Crippen MR) is 88.2 cm³/mol. The average Bonchev–Trinajstić information content (AvgIpc) is 2.63. The number of likely N-dealkylation sites (tertiary alicyclic amines) is 2. The number of piperidine rings is 2. The Bertz CT molecular complexity index is 532. The quantitative estimate of drug-likeness (QED) is 0.797. The van der Waals surface area contributed by atoms with Crippen molar-refractivity contribution in [1.29, 1.82) is 0 Å². The van der Waals surface area contributed by atoms with Crippen molar-refractivity contribution in [3.63, 3.8) is 0 Å². The average molecular weight is 315 g/mol. The SMILES string of the molecule is O=C(c1cccnc1)C1CCN(C(=O)CN2CCCCC2)CC1. The fraction of sp³-hybridized carbons (Fsp3) is 0.611. The van der Waals surface area contributed by atoms with E-state index in [9.17, 15) is 9.59 Å². The van der Waals surface area contributed by atoms with E-state index in [0.29, 0.717) is 25.2 Å². The van der Waals surface area contributed by atoms with Gasteiger partial charge in [0.1, 0.15) is 0 Å². The third-order valence-electron chi connectivity index (χ3n) is 4.97. The lowest BCUT2D eigenvalue weighted by Gasteiger charge is -2.34. The lowest BCUT2D eigenvalue weighted by Crippen LogP contribution is -2.46. The number of Topliss-reactive ketones (excluding diaryl/α,β-unsaturated/α-hetero) is 1. The summed E-state index contributed by atoms with van der Waals surface area (Å²) in [6, 6.07) is 3.62. The molecule has 0 bridgehead atoms. The molecule has 5 nitrogen and oxygen atoms in total. The van der Waals surface area contributed by atoms with Gasteiger partial charge in [-0.1, -0.05) is 6.42 Å². The van der Waals surface area contributed by atoms with Crippen molar-refractivity contribution in [3.8, 4) is 0 Å². The molecule has 2 saturated heterocycles. The number of aromatic nitrogens is 1. The Morgan fingerprint density at radius 3 is 2.48 bits per heavy atom. The van der Waals surface area contributed by atoms with Gasteiger partial charge in [0.25, 0.3) is 0 Å². The molecular formula is C18H25N3O2.